The topological polar surface area (TPSA) is 90.0 Å². The van der Waals surface area contributed by atoms with Crippen molar-refractivity contribution in [2.24, 2.45) is 7.05 Å². The summed E-state index contributed by atoms with van der Waals surface area (Å²) in [6, 6.07) is 23.4. The van der Waals surface area contributed by atoms with Gasteiger partial charge in [-0.25, -0.2) is 9.48 Å². The molecular formula is C30H33N7O2. The summed E-state index contributed by atoms with van der Waals surface area (Å²) in [6.45, 7) is 5.95. The Bertz CT molecular complexity index is 1690. The Morgan fingerprint density at radius 1 is 0.974 bits per heavy atom. The quantitative estimate of drug-likeness (QED) is 0.311. The van der Waals surface area contributed by atoms with Crippen LogP contribution in [0.4, 0.5) is 11.5 Å². The average Bonchev–Trinajstić information content (AvgIpc) is 3.30. The minimum absolute atomic E-state index is 0.192. The molecule has 39 heavy (non-hydrogen) atoms. The van der Waals surface area contributed by atoms with Gasteiger partial charge in [-0.15, -0.1) is 0 Å². The third-order valence-electron chi connectivity index (χ3n) is 7.01. The van der Waals surface area contributed by atoms with Crippen LogP contribution in [0.3, 0.4) is 0 Å². The highest BCUT2D eigenvalue weighted by molar-refractivity contribution is 5.89. The van der Waals surface area contributed by atoms with Crippen molar-refractivity contribution < 1.29 is 0 Å². The fourth-order valence-electron chi connectivity index (χ4n) is 4.77. The molecule has 0 bridgehead atoms. The van der Waals surface area contributed by atoms with Crippen LogP contribution in [-0.4, -0.2) is 48.9 Å². The lowest BCUT2D eigenvalue weighted by molar-refractivity contribution is 0.295. The van der Waals surface area contributed by atoms with Gasteiger partial charge in [0.25, 0.3) is 5.56 Å². The van der Waals surface area contributed by atoms with E-state index in [0.717, 1.165) is 29.1 Å². The Balaban J connectivity index is 1.64. The number of para-hydroxylation sites is 1. The van der Waals surface area contributed by atoms with Crippen molar-refractivity contribution >= 4 is 22.5 Å². The van der Waals surface area contributed by atoms with Gasteiger partial charge in [0.1, 0.15) is 11.2 Å². The van der Waals surface area contributed by atoms with Gasteiger partial charge in [-0.2, -0.15) is 5.10 Å². The summed E-state index contributed by atoms with van der Waals surface area (Å²) in [5.74, 6) is 0.551. The predicted molar refractivity (Wildman–Crippen MR) is 156 cm³/mol. The molecule has 2 aromatic carbocycles. The molecule has 0 aliphatic heterocycles. The number of anilines is 2. The van der Waals surface area contributed by atoms with Crippen molar-refractivity contribution in [1.82, 2.24) is 28.8 Å². The summed E-state index contributed by atoms with van der Waals surface area (Å²) in [4.78, 5) is 33.4. The Morgan fingerprint density at radius 3 is 2.36 bits per heavy atom. The van der Waals surface area contributed by atoms with Crippen molar-refractivity contribution in [3.8, 4) is 11.3 Å². The monoisotopic (exact) mass is 523 g/mol. The first-order valence-electron chi connectivity index (χ1n) is 13.1. The SMILES string of the molecule is CCN(C)CC(C)n1c(=O)n(C)c(=O)c2c(Nc3ccccc3)n(Cc3ccc(-c4ccccn4)cc3)nc21. The third kappa shape index (κ3) is 5.26. The molecule has 1 N–H and O–H groups in total. The smallest absolute Gasteiger partial charge is 0.332 e. The van der Waals surface area contributed by atoms with Crippen LogP contribution in [0.1, 0.15) is 25.5 Å². The molecule has 200 valence electrons. The lowest BCUT2D eigenvalue weighted by Gasteiger charge is -2.22. The Labute approximate surface area is 227 Å². The summed E-state index contributed by atoms with van der Waals surface area (Å²) in [6.07, 6.45) is 1.78. The molecule has 9 nitrogen and oxygen atoms in total. The van der Waals surface area contributed by atoms with E-state index in [0.29, 0.717) is 29.9 Å². The molecule has 0 saturated carbocycles. The molecule has 0 fully saturated rings. The maximum atomic E-state index is 13.5. The van der Waals surface area contributed by atoms with Gasteiger partial charge in [0.15, 0.2) is 5.65 Å². The third-order valence-corrected chi connectivity index (χ3v) is 7.01. The molecule has 0 aliphatic rings. The maximum absolute atomic E-state index is 13.5. The molecule has 1 atom stereocenters. The van der Waals surface area contributed by atoms with Crippen LogP contribution >= 0.6 is 0 Å². The molecule has 0 radical (unpaired) electrons. The van der Waals surface area contributed by atoms with Crippen LogP contribution in [0.2, 0.25) is 0 Å². The number of benzene rings is 2. The number of likely N-dealkylation sites (N-methyl/N-ethyl adjacent to an activating group) is 1. The van der Waals surface area contributed by atoms with Crippen LogP contribution < -0.4 is 16.6 Å². The summed E-state index contributed by atoms with van der Waals surface area (Å²) in [7, 11) is 3.53. The van der Waals surface area contributed by atoms with Gasteiger partial charge in [-0.05, 0) is 50.3 Å². The molecule has 9 heteroatoms. The number of nitrogens with zero attached hydrogens (tertiary/aromatic N) is 6. The number of hydrogen-bond donors (Lipinski definition) is 1. The zero-order chi connectivity index (χ0) is 27.5. The molecular weight excluding hydrogens is 490 g/mol. The summed E-state index contributed by atoms with van der Waals surface area (Å²) < 4.78 is 4.59. The zero-order valence-electron chi connectivity index (χ0n) is 22.7. The lowest BCUT2D eigenvalue weighted by Crippen LogP contribution is -2.41. The van der Waals surface area contributed by atoms with Crippen molar-refractivity contribution in [3.63, 3.8) is 0 Å². The van der Waals surface area contributed by atoms with E-state index < -0.39 is 0 Å². The van der Waals surface area contributed by atoms with Crippen molar-refractivity contribution in [3.05, 3.63) is 105 Å². The maximum Gasteiger partial charge on any atom is 0.332 e. The van der Waals surface area contributed by atoms with E-state index >= 15 is 0 Å². The van der Waals surface area contributed by atoms with Crippen LogP contribution in [0.5, 0.6) is 0 Å². The zero-order valence-corrected chi connectivity index (χ0v) is 22.7. The van der Waals surface area contributed by atoms with Crippen molar-refractivity contribution in [1.29, 1.82) is 0 Å². The Morgan fingerprint density at radius 2 is 1.69 bits per heavy atom. The molecule has 1 unspecified atom stereocenters. The standard InChI is InChI=1S/C30H33N7O2/c1-5-34(3)19-21(2)37-28-26(29(38)35(4)30(37)39)27(32-24-11-7-6-8-12-24)36(33-28)20-22-14-16-23(17-15-22)25-13-9-10-18-31-25/h6-18,21,32H,5,19-20H2,1-4H3. The van der Waals surface area contributed by atoms with Crippen LogP contribution in [-0.2, 0) is 13.6 Å². The second-order valence-corrected chi connectivity index (χ2v) is 9.83. The van der Waals surface area contributed by atoms with Crippen LogP contribution in [0.15, 0.2) is 88.6 Å². The number of aromatic nitrogens is 5. The van der Waals surface area contributed by atoms with Crippen molar-refractivity contribution in [2.45, 2.75) is 26.4 Å². The fraction of sp³-hybridized carbons (Fsp3) is 0.267. The largest absolute Gasteiger partial charge is 0.340 e. The Kier molecular flexibility index (Phi) is 7.42. The lowest BCUT2D eigenvalue weighted by atomic mass is 10.1. The number of fused-ring (bicyclic) bond motifs is 1. The van der Waals surface area contributed by atoms with Gasteiger partial charge in [0.05, 0.1) is 18.3 Å². The highest BCUT2D eigenvalue weighted by Crippen LogP contribution is 2.26. The molecule has 0 aliphatic carbocycles. The van der Waals surface area contributed by atoms with Gasteiger partial charge >= 0.3 is 5.69 Å². The summed E-state index contributed by atoms with van der Waals surface area (Å²) >= 11 is 0. The first-order chi connectivity index (χ1) is 18.9. The van der Waals surface area contributed by atoms with E-state index in [1.807, 2.05) is 86.8 Å². The molecule has 3 heterocycles. The van der Waals surface area contributed by atoms with Crippen LogP contribution in [0.25, 0.3) is 22.3 Å². The second kappa shape index (κ2) is 11.1. The highest BCUT2D eigenvalue weighted by Gasteiger charge is 2.24. The minimum Gasteiger partial charge on any atom is -0.340 e. The highest BCUT2D eigenvalue weighted by atomic mass is 16.2. The number of nitrogens with one attached hydrogen (secondary N) is 1. The summed E-state index contributed by atoms with van der Waals surface area (Å²) in [5, 5.41) is 8.67. The van der Waals surface area contributed by atoms with Gasteiger partial charge in [-0.1, -0.05) is 55.5 Å². The number of hydrogen-bond acceptors (Lipinski definition) is 6. The van der Waals surface area contributed by atoms with E-state index in [1.165, 1.54) is 11.6 Å². The minimum atomic E-state index is -0.377. The molecule has 0 saturated heterocycles. The molecule has 0 amide bonds. The summed E-state index contributed by atoms with van der Waals surface area (Å²) in [5.41, 5.74) is 3.37. The molecule has 3 aromatic heterocycles. The van der Waals surface area contributed by atoms with Gasteiger partial charge in [0.2, 0.25) is 0 Å². The van der Waals surface area contributed by atoms with Gasteiger partial charge in [-0.3, -0.25) is 18.9 Å². The first-order valence-corrected chi connectivity index (χ1v) is 13.1. The average molecular weight is 524 g/mol. The Hall–Kier alpha value is -4.50. The molecule has 0 spiro atoms. The number of rotatable bonds is 9. The van der Waals surface area contributed by atoms with E-state index in [-0.39, 0.29) is 17.3 Å². The first kappa shape index (κ1) is 26.1. The second-order valence-electron chi connectivity index (χ2n) is 9.83. The normalized spacial score (nSPS) is 12.2. The number of pyridine rings is 1. The van der Waals surface area contributed by atoms with E-state index in [1.54, 1.807) is 15.4 Å². The fourth-order valence-corrected chi connectivity index (χ4v) is 4.77. The van der Waals surface area contributed by atoms with Crippen LogP contribution in [0, 0.1) is 0 Å². The van der Waals surface area contributed by atoms with Gasteiger partial charge in [0, 0.05) is 31.0 Å². The van der Waals surface area contributed by atoms with Crippen molar-refractivity contribution in [2.75, 3.05) is 25.5 Å². The van der Waals surface area contributed by atoms with E-state index in [2.05, 4.69) is 22.1 Å². The molecule has 5 rings (SSSR count). The molecule has 5 aromatic rings. The van der Waals surface area contributed by atoms with E-state index in [4.69, 9.17) is 5.10 Å². The van der Waals surface area contributed by atoms with Gasteiger partial charge < -0.3 is 10.2 Å². The predicted octanol–water partition coefficient (Wildman–Crippen LogP) is 4.26. The van der Waals surface area contributed by atoms with E-state index in [9.17, 15) is 9.59 Å².